The number of rotatable bonds is 59. The smallest absolute Gasteiger partial charge is 0.334 e. The van der Waals surface area contributed by atoms with Gasteiger partial charge in [0.1, 0.15) is 0 Å². The summed E-state index contributed by atoms with van der Waals surface area (Å²) in [5.74, 6) is -0.488. The van der Waals surface area contributed by atoms with Gasteiger partial charge in [-0.1, -0.05) is 321 Å². The zero-order chi connectivity index (χ0) is 50.9. The van der Waals surface area contributed by atoms with Crippen LogP contribution in [0.5, 0.6) is 0 Å². The van der Waals surface area contributed by atoms with E-state index in [4.69, 9.17) is 4.74 Å². The Morgan fingerprint density at radius 2 is 0.714 bits per heavy atom. The molecule has 0 saturated heterocycles. The highest BCUT2D eigenvalue weighted by molar-refractivity contribution is 5.76. The molecule has 0 aliphatic heterocycles. The molecule has 1 amide bonds. The monoisotopic (exact) mass is 990 g/mol. The third-order valence-electron chi connectivity index (χ3n) is 14.9. The van der Waals surface area contributed by atoms with Crippen molar-refractivity contribution in [1.29, 1.82) is 0 Å². The molecule has 0 aliphatic rings. The first-order valence-corrected chi connectivity index (χ1v) is 31.6. The minimum Gasteiger partial charge on any atom is -0.464 e. The molecule has 0 bridgehead atoms. The predicted octanol–water partition coefficient (Wildman–Crippen LogP) is 18.6. The van der Waals surface area contributed by atoms with Gasteiger partial charge in [-0.05, 0) is 32.1 Å². The highest BCUT2D eigenvalue weighted by atomic mass is 16.5. The lowest BCUT2D eigenvalue weighted by Crippen LogP contribution is -2.45. The van der Waals surface area contributed by atoms with Gasteiger partial charge >= 0.3 is 5.97 Å². The lowest BCUT2D eigenvalue weighted by Gasteiger charge is -2.20. The van der Waals surface area contributed by atoms with Crippen molar-refractivity contribution in [3.63, 3.8) is 0 Å². The number of aliphatic hydroxyl groups is 3. The first kappa shape index (κ1) is 68.6. The fourth-order valence-electron chi connectivity index (χ4n) is 10.0. The summed E-state index contributed by atoms with van der Waals surface area (Å²) >= 11 is 0. The maximum Gasteiger partial charge on any atom is 0.334 e. The van der Waals surface area contributed by atoms with Gasteiger partial charge in [-0.25, -0.2) is 4.79 Å². The van der Waals surface area contributed by atoms with Crippen LogP contribution in [0.3, 0.4) is 0 Å². The molecule has 70 heavy (non-hydrogen) atoms. The van der Waals surface area contributed by atoms with Crippen LogP contribution in [0, 0.1) is 0 Å². The van der Waals surface area contributed by atoms with Crippen molar-refractivity contribution < 1.29 is 29.6 Å². The molecule has 0 saturated carbocycles. The molecule has 0 aromatic rings. The second-order valence-electron chi connectivity index (χ2n) is 21.9. The Hall–Kier alpha value is -1.44. The number of esters is 1. The molecule has 4 N–H and O–H groups in total. The van der Waals surface area contributed by atoms with E-state index in [1.54, 1.807) is 6.08 Å². The van der Waals surface area contributed by atoms with Crippen LogP contribution in [0.2, 0.25) is 0 Å². The van der Waals surface area contributed by atoms with Crippen LogP contribution in [0.4, 0.5) is 0 Å². The molecular formula is C63H123NO6. The van der Waals surface area contributed by atoms with E-state index in [9.17, 15) is 24.9 Å². The van der Waals surface area contributed by atoms with Crippen molar-refractivity contribution in [2.75, 3.05) is 13.2 Å². The van der Waals surface area contributed by atoms with E-state index in [2.05, 4.69) is 19.2 Å². The van der Waals surface area contributed by atoms with E-state index in [-0.39, 0.29) is 12.5 Å². The summed E-state index contributed by atoms with van der Waals surface area (Å²) in [5.41, 5.74) is 0. The van der Waals surface area contributed by atoms with Crippen LogP contribution in [0.25, 0.3) is 0 Å². The normalized spacial score (nSPS) is 13.0. The molecular weight excluding hydrogens is 867 g/mol. The van der Waals surface area contributed by atoms with Crippen LogP contribution in [0.15, 0.2) is 12.2 Å². The molecule has 0 heterocycles. The minimum absolute atomic E-state index is 0.0674. The fraction of sp³-hybridized carbons (Fsp3) is 0.937. The summed E-state index contributed by atoms with van der Waals surface area (Å²) < 4.78 is 5.34. The SMILES string of the molecule is CCCCCCCCCCCCC/C=C/C(O)C(CO)NC(=O)CCCCCCCCCCCCCCCCCCCCCCCCCCCCCOC(=O)C(O)CCCCCCCCCCCCC. The van der Waals surface area contributed by atoms with Gasteiger partial charge in [0.15, 0.2) is 6.10 Å². The highest BCUT2D eigenvalue weighted by Gasteiger charge is 2.18. The van der Waals surface area contributed by atoms with Crippen molar-refractivity contribution in [3.05, 3.63) is 12.2 Å². The number of hydrogen-bond acceptors (Lipinski definition) is 6. The Balaban J connectivity index is 3.38. The lowest BCUT2D eigenvalue weighted by atomic mass is 10.0. The number of carbonyl (C=O) groups is 2. The maximum absolute atomic E-state index is 12.4. The molecule has 0 spiro atoms. The summed E-state index contributed by atoms with van der Waals surface area (Å²) in [6.45, 7) is 4.73. The Morgan fingerprint density at radius 1 is 0.414 bits per heavy atom. The maximum atomic E-state index is 12.4. The Labute approximate surface area is 436 Å². The number of amides is 1. The van der Waals surface area contributed by atoms with Gasteiger partial charge < -0.3 is 25.4 Å². The van der Waals surface area contributed by atoms with E-state index in [1.807, 2.05) is 6.08 Å². The first-order chi connectivity index (χ1) is 34.5. The first-order valence-electron chi connectivity index (χ1n) is 31.6. The van der Waals surface area contributed by atoms with Gasteiger partial charge in [0, 0.05) is 6.42 Å². The van der Waals surface area contributed by atoms with Crippen molar-refractivity contribution in [2.24, 2.45) is 0 Å². The number of hydrogen-bond donors (Lipinski definition) is 4. The minimum atomic E-state index is -0.943. The number of nitrogens with one attached hydrogen (secondary N) is 1. The zero-order valence-electron chi connectivity index (χ0n) is 47.1. The number of unbranched alkanes of at least 4 members (excludes halogenated alkanes) is 47. The van der Waals surface area contributed by atoms with Gasteiger partial charge in [-0.2, -0.15) is 0 Å². The summed E-state index contributed by atoms with van der Waals surface area (Å²) in [6.07, 6.45) is 67.6. The largest absolute Gasteiger partial charge is 0.464 e. The van der Waals surface area contributed by atoms with Gasteiger partial charge in [-0.15, -0.1) is 0 Å². The standard InChI is InChI=1S/C63H123NO6/c1-3-5-7-9-11-13-15-31-35-38-42-46-50-54-60(66)59(58-65)64-62(68)56-52-48-44-40-36-32-29-27-25-23-21-19-17-16-18-20-22-24-26-28-30-33-37-41-45-49-53-57-70-63(69)61(67)55-51-47-43-39-34-14-12-10-8-6-4-2/h50,54,59-61,65-67H,3-49,51-53,55-58H2,1-2H3,(H,64,68)/b54-50+. The molecule has 0 fully saturated rings. The second-order valence-corrected chi connectivity index (χ2v) is 21.9. The quantitative estimate of drug-likeness (QED) is 0.0274. The third-order valence-corrected chi connectivity index (χ3v) is 14.9. The average molecular weight is 991 g/mol. The molecule has 3 atom stereocenters. The van der Waals surface area contributed by atoms with Crippen LogP contribution in [-0.2, 0) is 14.3 Å². The zero-order valence-corrected chi connectivity index (χ0v) is 47.1. The Morgan fingerprint density at radius 3 is 1.06 bits per heavy atom. The third kappa shape index (κ3) is 52.9. The molecule has 7 heteroatoms. The lowest BCUT2D eigenvalue weighted by molar-refractivity contribution is -0.154. The molecule has 7 nitrogen and oxygen atoms in total. The summed E-state index contributed by atoms with van der Waals surface area (Å²) in [6, 6.07) is -0.627. The van der Waals surface area contributed by atoms with E-state index < -0.39 is 24.2 Å². The van der Waals surface area contributed by atoms with Crippen LogP contribution in [0.1, 0.15) is 348 Å². The fourth-order valence-corrected chi connectivity index (χ4v) is 10.0. The van der Waals surface area contributed by atoms with Crippen LogP contribution < -0.4 is 5.32 Å². The van der Waals surface area contributed by atoms with Crippen LogP contribution >= 0.6 is 0 Å². The van der Waals surface area contributed by atoms with E-state index in [0.29, 0.717) is 19.4 Å². The highest BCUT2D eigenvalue weighted by Crippen LogP contribution is 2.18. The topological polar surface area (TPSA) is 116 Å². The molecule has 0 aromatic carbocycles. The van der Waals surface area contributed by atoms with E-state index in [1.165, 1.54) is 270 Å². The number of carbonyl (C=O) groups excluding carboxylic acids is 2. The molecule has 0 aromatic heterocycles. The van der Waals surface area contributed by atoms with Gasteiger partial charge in [0.05, 0.1) is 25.4 Å². The molecule has 416 valence electrons. The van der Waals surface area contributed by atoms with Gasteiger partial charge in [0.25, 0.3) is 0 Å². The Kier molecular flexibility index (Phi) is 57.2. The van der Waals surface area contributed by atoms with Crippen molar-refractivity contribution in [1.82, 2.24) is 5.32 Å². The van der Waals surface area contributed by atoms with Crippen molar-refractivity contribution in [3.8, 4) is 0 Å². The number of allylic oxidation sites excluding steroid dienone is 1. The second kappa shape index (κ2) is 58.4. The summed E-state index contributed by atoms with van der Waals surface area (Å²) in [4.78, 5) is 24.5. The molecule has 3 unspecified atom stereocenters. The van der Waals surface area contributed by atoms with E-state index in [0.717, 1.165) is 51.4 Å². The molecule has 0 radical (unpaired) electrons. The van der Waals surface area contributed by atoms with E-state index >= 15 is 0 Å². The number of ether oxygens (including phenoxy) is 1. The summed E-state index contributed by atoms with van der Waals surface area (Å²) in [5, 5.41) is 33.2. The number of aliphatic hydroxyl groups excluding tert-OH is 3. The Bertz CT molecular complexity index is 1070. The average Bonchev–Trinajstić information content (AvgIpc) is 3.36. The van der Waals surface area contributed by atoms with Crippen molar-refractivity contribution in [2.45, 2.75) is 366 Å². The summed E-state index contributed by atoms with van der Waals surface area (Å²) in [7, 11) is 0. The van der Waals surface area contributed by atoms with Crippen LogP contribution in [-0.4, -0.2) is 58.7 Å². The predicted molar refractivity (Wildman–Crippen MR) is 303 cm³/mol. The van der Waals surface area contributed by atoms with Crippen molar-refractivity contribution >= 4 is 11.9 Å². The molecule has 0 rings (SSSR count). The van der Waals surface area contributed by atoms with Gasteiger partial charge in [0.2, 0.25) is 5.91 Å². The molecule has 0 aliphatic carbocycles. The van der Waals surface area contributed by atoms with Gasteiger partial charge in [-0.3, -0.25) is 4.79 Å².